The van der Waals surface area contributed by atoms with E-state index in [2.05, 4.69) is 85.8 Å². The number of allylic oxidation sites excluding steroid dienone is 2. The molecular formula is C23H19N. The average Bonchev–Trinajstić information content (AvgIpc) is 2.80. The third-order valence-electron chi connectivity index (χ3n) is 4.55. The maximum Gasteiger partial charge on any atom is 0.0731 e. The molecule has 0 unspecified atom stereocenters. The van der Waals surface area contributed by atoms with Crippen molar-refractivity contribution in [2.75, 3.05) is 0 Å². The van der Waals surface area contributed by atoms with Crippen molar-refractivity contribution in [2.45, 2.75) is 13.5 Å². The minimum Gasteiger partial charge on any atom is -0.279 e. The lowest BCUT2D eigenvalue weighted by Crippen LogP contribution is -2.05. The van der Waals surface area contributed by atoms with Crippen LogP contribution in [0.2, 0.25) is 0 Å². The van der Waals surface area contributed by atoms with E-state index >= 15 is 0 Å². The van der Waals surface area contributed by atoms with Crippen LogP contribution >= 0.6 is 0 Å². The van der Waals surface area contributed by atoms with E-state index in [1.165, 1.54) is 33.4 Å². The zero-order valence-electron chi connectivity index (χ0n) is 13.7. The maximum absolute atomic E-state index is 5.00. The Morgan fingerprint density at radius 1 is 0.667 bits per heavy atom. The topological polar surface area (TPSA) is 12.4 Å². The predicted octanol–water partition coefficient (Wildman–Crippen LogP) is 5.62. The van der Waals surface area contributed by atoms with E-state index in [-0.39, 0.29) is 0 Å². The van der Waals surface area contributed by atoms with Crippen LogP contribution in [0, 0.1) is 0 Å². The molecule has 0 bridgehead atoms. The summed E-state index contributed by atoms with van der Waals surface area (Å²) in [5.41, 5.74) is 8.57. The van der Waals surface area contributed by atoms with Crippen LogP contribution in [0.25, 0.3) is 11.1 Å². The highest BCUT2D eigenvalue weighted by molar-refractivity contribution is 6.37. The second-order valence-corrected chi connectivity index (χ2v) is 6.05. The number of fused-ring (bicyclic) bond motifs is 1. The molecule has 4 rings (SSSR count). The molecule has 0 atom stereocenters. The molecule has 1 heterocycles. The Morgan fingerprint density at radius 2 is 1.25 bits per heavy atom. The molecule has 0 amide bonds. The molecule has 0 spiro atoms. The summed E-state index contributed by atoms with van der Waals surface area (Å²) in [7, 11) is 0. The first-order chi connectivity index (χ1) is 11.8. The van der Waals surface area contributed by atoms with E-state index in [0.717, 1.165) is 5.71 Å². The minimum absolute atomic E-state index is 0.716. The van der Waals surface area contributed by atoms with Crippen molar-refractivity contribution >= 4 is 16.9 Å². The van der Waals surface area contributed by atoms with Crippen LogP contribution in [0.1, 0.15) is 29.2 Å². The van der Waals surface area contributed by atoms with Gasteiger partial charge in [-0.2, -0.15) is 0 Å². The van der Waals surface area contributed by atoms with Crippen LogP contribution < -0.4 is 0 Å². The first-order valence-electron chi connectivity index (χ1n) is 8.29. The average molecular weight is 309 g/mol. The standard InChI is InChI=1S/C23H19N/c1-17-21-15-9-8-14-20(21)16-24-23(19-12-6-3-7-13-19)22(17)18-10-4-2-5-11-18/h2-15H,16H2,1H3. The lowest BCUT2D eigenvalue weighted by molar-refractivity contribution is 1.07. The first kappa shape index (κ1) is 14.6. The van der Waals surface area contributed by atoms with Gasteiger partial charge in [0.1, 0.15) is 0 Å². The van der Waals surface area contributed by atoms with Gasteiger partial charge in [-0.15, -0.1) is 0 Å². The van der Waals surface area contributed by atoms with Crippen LogP contribution in [0.4, 0.5) is 0 Å². The van der Waals surface area contributed by atoms with Gasteiger partial charge in [-0.1, -0.05) is 84.9 Å². The van der Waals surface area contributed by atoms with Crippen molar-refractivity contribution in [1.29, 1.82) is 0 Å². The second-order valence-electron chi connectivity index (χ2n) is 6.05. The highest BCUT2D eigenvalue weighted by Crippen LogP contribution is 2.34. The summed E-state index contributed by atoms with van der Waals surface area (Å²) < 4.78 is 0. The van der Waals surface area contributed by atoms with Crippen molar-refractivity contribution in [2.24, 2.45) is 4.99 Å². The lowest BCUT2D eigenvalue weighted by Gasteiger charge is -2.15. The highest BCUT2D eigenvalue weighted by Gasteiger charge is 2.20. The van der Waals surface area contributed by atoms with E-state index in [0.29, 0.717) is 6.54 Å². The predicted molar refractivity (Wildman–Crippen MR) is 102 cm³/mol. The fraction of sp³-hybridized carbons (Fsp3) is 0.0870. The molecule has 0 fully saturated rings. The summed E-state index contributed by atoms with van der Waals surface area (Å²) in [6.45, 7) is 2.93. The number of nitrogens with zero attached hydrogens (tertiary/aromatic N) is 1. The zero-order chi connectivity index (χ0) is 16.4. The zero-order valence-corrected chi connectivity index (χ0v) is 13.7. The van der Waals surface area contributed by atoms with E-state index in [1.54, 1.807) is 0 Å². The third kappa shape index (κ3) is 2.59. The van der Waals surface area contributed by atoms with Gasteiger partial charge in [-0.3, -0.25) is 4.99 Å². The summed E-state index contributed by atoms with van der Waals surface area (Å²) >= 11 is 0. The van der Waals surface area contributed by atoms with E-state index in [9.17, 15) is 0 Å². The smallest absolute Gasteiger partial charge is 0.0731 e. The number of hydrogen-bond donors (Lipinski definition) is 0. The van der Waals surface area contributed by atoms with Gasteiger partial charge in [0.2, 0.25) is 0 Å². The minimum atomic E-state index is 0.716. The van der Waals surface area contributed by atoms with Gasteiger partial charge in [0.15, 0.2) is 0 Å². The summed E-state index contributed by atoms with van der Waals surface area (Å²) in [5.74, 6) is 0. The molecule has 0 aliphatic carbocycles. The van der Waals surface area contributed by atoms with E-state index in [4.69, 9.17) is 4.99 Å². The Labute approximate surface area is 143 Å². The fourth-order valence-corrected chi connectivity index (χ4v) is 3.37. The molecule has 116 valence electrons. The quantitative estimate of drug-likeness (QED) is 0.582. The molecule has 1 heteroatoms. The van der Waals surface area contributed by atoms with Crippen LogP contribution in [-0.2, 0) is 6.54 Å². The fourth-order valence-electron chi connectivity index (χ4n) is 3.37. The SMILES string of the molecule is CC1=C(c2ccccc2)C(c2ccccc2)=NCc2ccccc21. The Kier molecular flexibility index (Phi) is 3.84. The van der Waals surface area contributed by atoms with Crippen LogP contribution in [0.5, 0.6) is 0 Å². The van der Waals surface area contributed by atoms with Crippen molar-refractivity contribution in [3.8, 4) is 0 Å². The summed E-state index contributed by atoms with van der Waals surface area (Å²) in [6, 6.07) is 29.7. The largest absolute Gasteiger partial charge is 0.279 e. The van der Waals surface area contributed by atoms with Gasteiger partial charge in [0.25, 0.3) is 0 Å². The molecule has 1 aliphatic heterocycles. The highest BCUT2D eigenvalue weighted by atomic mass is 14.7. The van der Waals surface area contributed by atoms with Crippen LogP contribution in [-0.4, -0.2) is 5.71 Å². The Balaban J connectivity index is 2.00. The molecule has 0 aromatic heterocycles. The Hall–Kier alpha value is -2.93. The maximum atomic E-state index is 5.00. The molecule has 0 saturated carbocycles. The monoisotopic (exact) mass is 309 g/mol. The molecule has 3 aromatic rings. The normalized spacial score (nSPS) is 14.0. The van der Waals surface area contributed by atoms with Gasteiger partial charge in [-0.05, 0) is 29.2 Å². The summed E-state index contributed by atoms with van der Waals surface area (Å²) in [6.07, 6.45) is 0. The van der Waals surface area contributed by atoms with Crippen molar-refractivity contribution in [3.63, 3.8) is 0 Å². The molecule has 1 nitrogen and oxygen atoms in total. The van der Waals surface area contributed by atoms with Gasteiger partial charge in [-0.25, -0.2) is 0 Å². The molecular weight excluding hydrogens is 290 g/mol. The number of hydrogen-bond acceptors (Lipinski definition) is 1. The van der Waals surface area contributed by atoms with Gasteiger partial charge in [0.05, 0.1) is 12.3 Å². The molecule has 24 heavy (non-hydrogen) atoms. The molecule has 0 N–H and O–H groups in total. The number of aliphatic imine (C=N–C) groups is 1. The van der Waals surface area contributed by atoms with Gasteiger partial charge < -0.3 is 0 Å². The van der Waals surface area contributed by atoms with Gasteiger partial charge >= 0.3 is 0 Å². The molecule has 1 aliphatic rings. The Bertz CT molecular complexity index is 919. The number of benzene rings is 3. The van der Waals surface area contributed by atoms with Crippen molar-refractivity contribution in [1.82, 2.24) is 0 Å². The molecule has 3 aromatic carbocycles. The van der Waals surface area contributed by atoms with Crippen molar-refractivity contribution in [3.05, 3.63) is 107 Å². The van der Waals surface area contributed by atoms with Crippen LogP contribution in [0.3, 0.4) is 0 Å². The first-order valence-corrected chi connectivity index (χ1v) is 8.29. The second kappa shape index (κ2) is 6.29. The van der Waals surface area contributed by atoms with E-state index < -0.39 is 0 Å². The van der Waals surface area contributed by atoms with E-state index in [1.807, 2.05) is 6.07 Å². The lowest BCUT2D eigenvalue weighted by atomic mass is 9.89. The third-order valence-corrected chi connectivity index (χ3v) is 4.55. The number of rotatable bonds is 2. The molecule has 0 radical (unpaired) electrons. The molecule has 0 saturated heterocycles. The van der Waals surface area contributed by atoms with Crippen LogP contribution in [0.15, 0.2) is 89.9 Å². The van der Waals surface area contributed by atoms with Gasteiger partial charge in [0, 0.05) is 11.1 Å². The van der Waals surface area contributed by atoms with Crippen molar-refractivity contribution < 1.29 is 0 Å². The Morgan fingerprint density at radius 3 is 1.96 bits per heavy atom. The summed E-state index contributed by atoms with van der Waals surface area (Å²) in [4.78, 5) is 5.00. The summed E-state index contributed by atoms with van der Waals surface area (Å²) in [5, 5.41) is 0.